The lowest BCUT2D eigenvalue weighted by Gasteiger charge is -2.15. The Morgan fingerprint density at radius 1 is 1.12 bits per heavy atom. The Hall–Kier alpha value is -2.37. The molecule has 0 unspecified atom stereocenters. The number of carbonyl (C=O) groups excluding carboxylic acids is 3. The summed E-state index contributed by atoms with van der Waals surface area (Å²) in [4.78, 5) is 36.8. The van der Waals surface area contributed by atoms with Gasteiger partial charge in [-0.15, -0.1) is 0 Å². The van der Waals surface area contributed by atoms with Crippen LogP contribution in [-0.2, 0) is 16.0 Å². The van der Waals surface area contributed by atoms with Crippen molar-refractivity contribution in [1.82, 2.24) is 15.5 Å². The van der Waals surface area contributed by atoms with Crippen LogP contribution in [0.1, 0.15) is 45.1 Å². The van der Waals surface area contributed by atoms with Gasteiger partial charge in [-0.25, -0.2) is 4.79 Å². The van der Waals surface area contributed by atoms with Crippen LogP contribution in [0.25, 0.3) is 0 Å². The summed E-state index contributed by atoms with van der Waals surface area (Å²) in [5.74, 6) is -0.273. The predicted octanol–water partition coefficient (Wildman–Crippen LogP) is 2.24. The van der Waals surface area contributed by atoms with Crippen molar-refractivity contribution in [2.75, 3.05) is 13.1 Å². The molecule has 25 heavy (non-hydrogen) atoms. The van der Waals surface area contributed by atoms with Crippen molar-refractivity contribution in [2.45, 2.75) is 51.5 Å². The number of aryl methyl sites for hydroxylation is 1. The molecule has 1 heterocycles. The lowest BCUT2D eigenvalue weighted by atomic mass is 10.1. The zero-order chi connectivity index (χ0) is 18.3. The molecule has 4 amide bonds. The van der Waals surface area contributed by atoms with Gasteiger partial charge in [0, 0.05) is 19.5 Å². The minimum Gasteiger partial charge on any atom is -0.356 e. The highest BCUT2D eigenvalue weighted by molar-refractivity contribution is 6.06. The van der Waals surface area contributed by atoms with Gasteiger partial charge in [0.25, 0.3) is 5.91 Å². The number of imide groups is 1. The standard InChI is InChI=1S/C19H27N3O3/c1-19(2)17(24)22(18(25)21-19)14-8-12-16(23)20-13-7-6-11-15-9-4-3-5-10-15/h3-5,9-10H,6-8,11-14H2,1-2H3,(H,20,23)(H,21,25). The molecule has 1 aliphatic heterocycles. The molecule has 0 atom stereocenters. The van der Waals surface area contributed by atoms with E-state index in [1.165, 1.54) is 10.5 Å². The first-order valence-corrected chi connectivity index (χ1v) is 8.85. The second-order valence-corrected chi connectivity index (χ2v) is 6.91. The maximum absolute atomic E-state index is 12.0. The number of hydrogen-bond acceptors (Lipinski definition) is 3. The first-order chi connectivity index (χ1) is 11.9. The van der Waals surface area contributed by atoms with E-state index in [1.807, 2.05) is 18.2 Å². The molecule has 6 nitrogen and oxygen atoms in total. The Balaban J connectivity index is 1.55. The van der Waals surface area contributed by atoms with Gasteiger partial charge in [-0.1, -0.05) is 30.3 Å². The van der Waals surface area contributed by atoms with Crippen molar-refractivity contribution in [3.63, 3.8) is 0 Å². The summed E-state index contributed by atoms with van der Waals surface area (Å²) in [7, 11) is 0. The second-order valence-electron chi connectivity index (χ2n) is 6.91. The number of carbonyl (C=O) groups is 3. The van der Waals surface area contributed by atoms with Crippen molar-refractivity contribution in [3.8, 4) is 0 Å². The van der Waals surface area contributed by atoms with Gasteiger partial charge in [-0.3, -0.25) is 14.5 Å². The molecule has 2 N–H and O–H groups in total. The second kappa shape index (κ2) is 8.65. The van der Waals surface area contributed by atoms with E-state index in [0.717, 1.165) is 19.3 Å². The highest BCUT2D eigenvalue weighted by Crippen LogP contribution is 2.16. The Morgan fingerprint density at radius 2 is 1.84 bits per heavy atom. The SMILES string of the molecule is CC1(C)NC(=O)N(CCCC(=O)NCCCCc2ccccc2)C1=O. The van der Waals surface area contributed by atoms with Crippen LogP contribution in [0.5, 0.6) is 0 Å². The average Bonchev–Trinajstić information content (AvgIpc) is 2.77. The van der Waals surface area contributed by atoms with Crippen molar-refractivity contribution < 1.29 is 14.4 Å². The third kappa shape index (κ3) is 5.59. The monoisotopic (exact) mass is 345 g/mol. The average molecular weight is 345 g/mol. The van der Waals surface area contributed by atoms with E-state index in [9.17, 15) is 14.4 Å². The number of unbranched alkanes of at least 4 members (excludes halogenated alkanes) is 1. The molecule has 2 rings (SSSR count). The van der Waals surface area contributed by atoms with Gasteiger partial charge >= 0.3 is 6.03 Å². The van der Waals surface area contributed by atoms with E-state index >= 15 is 0 Å². The predicted molar refractivity (Wildman–Crippen MR) is 95.9 cm³/mol. The summed E-state index contributed by atoms with van der Waals surface area (Å²) in [6, 6.07) is 9.90. The zero-order valence-electron chi connectivity index (χ0n) is 15.0. The highest BCUT2D eigenvalue weighted by atomic mass is 16.2. The van der Waals surface area contributed by atoms with Gasteiger partial charge in [0.05, 0.1) is 0 Å². The molecule has 0 saturated carbocycles. The minimum atomic E-state index is -0.849. The first kappa shape index (κ1) is 19.0. The van der Waals surface area contributed by atoms with Crippen LogP contribution in [0.4, 0.5) is 4.79 Å². The van der Waals surface area contributed by atoms with Gasteiger partial charge in [0.15, 0.2) is 0 Å². The molecule has 0 aliphatic carbocycles. The van der Waals surface area contributed by atoms with Crippen molar-refractivity contribution in [3.05, 3.63) is 35.9 Å². The summed E-state index contributed by atoms with van der Waals surface area (Å²) in [5.41, 5.74) is 0.461. The van der Waals surface area contributed by atoms with E-state index in [1.54, 1.807) is 13.8 Å². The van der Waals surface area contributed by atoms with Crippen molar-refractivity contribution in [1.29, 1.82) is 0 Å². The Bertz CT molecular complexity index is 614. The molecule has 1 aliphatic rings. The zero-order valence-corrected chi connectivity index (χ0v) is 15.0. The normalized spacial score (nSPS) is 16.0. The maximum atomic E-state index is 12.0. The molecular formula is C19H27N3O3. The molecule has 0 spiro atoms. The molecule has 1 aromatic carbocycles. The molecular weight excluding hydrogens is 318 g/mol. The largest absolute Gasteiger partial charge is 0.356 e. The summed E-state index contributed by atoms with van der Waals surface area (Å²) in [5, 5.41) is 5.52. The molecule has 0 radical (unpaired) electrons. The van der Waals surface area contributed by atoms with E-state index in [0.29, 0.717) is 19.4 Å². The summed E-state index contributed by atoms with van der Waals surface area (Å²) in [6.07, 6.45) is 3.77. The third-order valence-corrected chi connectivity index (χ3v) is 4.29. The van der Waals surface area contributed by atoms with Crippen LogP contribution < -0.4 is 10.6 Å². The fourth-order valence-electron chi connectivity index (χ4n) is 2.83. The van der Waals surface area contributed by atoms with Gasteiger partial charge < -0.3 is 10.6 Å². The van der Waals surface area contributed by atoms with Crippen LogP contribution in [0.2, 0.25) is 0 Å². The fraction of sp³-hybridized carbons (Fsp3) is 0.526. The maximum Gasteiger partial charge on any atom is 0.325 e. The summed E-state index contributed by atoms with van der Waals surface area (Å²) < 4.78 is 0. The lowest BCUT2D eigenvalue weighted by Crippen LogP contribution is -2.40. The van der Waals surface area contributed by atoms with Crippen LogP contribution in [0.3, 0.4) is 0 Å². The molecule has 6 heteroatoms. The van der Waals surface area contributed by atoms with Crippen LogP contribution >= 0.6 is 0 Å². The molecule has 1 saturated heterocycles. The number of hydrogen-bond donors (Lipinski definition) is 2. The Kier molecular flexibility index (Phi) is 6.56. The molecule has 0 aromatic heterocycles. The van der Waals surface area contributed by atoms with Gasteiger partial charge in [0.1, 0.15) is 5.54 Å². The number of rotatable bonds is 9. The number of urea groups is 1. The first-order valence-electron chi connectivity index (χ1n) is 8.85. The Morgan fingerprint density at radius 3 is 2.48 bits per heavy atom. The van der Waals surface area contributed by atoms with Crippen molar-refractivity contribution in [2.24, 2.45) is 0 Å². The minimum absolute atomic E-state index is 0.0361. The van der Waals surface area contributed by atoms with Gasteiger partial charge in [-0.2, -0.15) is 0 Å². The van der Waals surface area contributed by atoms with Crippen LogP contribution in [0.15, 0.2) is 30.3 Å². The topological polar surface area (TPSA) is 78.5 Å². The van der Waals surface area contributed by atoms with E-state index in [2.05, 4.69) is 22.8 Å². The number of nitrogens with zero attached hydrogens (tertiary/aromatic N) is 1. The summed E-state index contributed by atoms with van der Waals surface area (Å²) >= 11 is 0. The van der Waals surface area contributed by atoms with Crippen LogP contribution in [-0.4, -0.2) is 41.4 Å². The van der Waals surface area contributed by atoms with Gasteiger partial charge in [-0.05, 0) is 45.1 Å². The molecule has 1 fully saturated rings. The molecule has 136 valence electrons. The quantitative estimate of drug-likeness (QED) is 0.532. The van der Waals surface area contributed by atoms with Gasteiger partial charge in [0.2, 0.25) is 5.91 Å². The van der Waals surface area contributed by atoms with E-state index in [4.69, 9.17) is 0 Å². The fourth-order valence-corrected chi connectivity index (χ4v) is 2.83. The summed E-state index contributed by atoms with van der Waals surface area (Å²) in [6.45, 7) is 4.28. The lowest BCUT2D eigenvalue weighted by molar-refractivity contribution is -0.130. The molecule has 1 aromatic rings. The Labute approximate surface area is 149 Å². The van der Waals surface area contributed by atoms with E-state index in [-0.39, 0.29) is 24.4 Å². The number of benzene rings is 1. The molecule has 0 bridgehead atoms. The smallest absolute Gasteiger partial charge is 0.325 e. The van der Waals surface area contributed by atoms with Crippen LogP contribution in [0, 0.1) is 0 Å². The number of nitrogens with one attached hydrogen (secondary N) is 2. The third-order valence-electron chi connectivity index (χ3n) is 4.29. The van der Waals surface area contributed by atoms with E-state index < -0.39 is 5.54 Å². The number of amides is 4. The highest BCUT2D eigenvalue weighted by Gasteiger charge is 2.43. The van der Waals surface area contributed by atoms with Crippen molar-refractivity contribution >= 4 is 17.8 Å².